The first kappa shape index (κ1) is 9.88. The molecule has 0 spiro atoms. The molecule has 2 aromatic heterocycles. The molecule has 0 fully saturated rings. The molecule has 0 aliphatic carbocycles. The van der Waals surface area contributed by atoms with Gasteiger partial charge in [-0.1, -0.05) is 5.92 Å². The summed E-state index contributed by atoms with van der Waals surface area (Å²) in [6.07, 6.45) is 11.5. The van der Waals surface area contributed by atoms with Gasteiger partial charge < -0.3 is 0 Å². The molecule has 2 aromatic rings. The van der Waals surface area contributed by atoms with Crippen LogP contribution in [-0.2, 0) is 6.54 Å². The maximum Gasteiger partial charge on any atom is 0.130 e. The van der Waals surface area contributed by atoms with E-state index in [0.717, 1.165) is 0 Å². The highest BCUT2D eigenvalue weighted by Gasteiger charge is 2.11. The van der Waals surface area contributed by atoms with Crippen LogP contribution in [0.5, 0.6) is 0 Å². The van der Waals surface area contributed by atoms with E-state index in [1.54, 1.807) is 24.8 Å². The Labute approximate surface area is 92.4 Å². The third-order valence-electron chi connectivity index (χ3n) is 1.94. The summed E-state index contributed by atoms with van der Waals surface area (Å²) in [5, 5.41) is 13.1. The monoisotopic (exact) mass is 209 g/mol. The Morgan fingerprint density at radius 3 is 2.94 bits per heavy atom. The number of terminal acetylenes is 1. The fourth-order valence-electron chi connectivity index (χ4n) is 1.29. The molecule has 0 N–H and O–H groups in total. The molecule has 2 heterocycles. The van der Waals surface area contributed by atoms with E-state index in [-0.39, 0.29) is 0 Å². The second-order valence-electron chi connectivity index (χ2n) is 3.00. The van der Waals surface area contributed by atoms with Gasteiger partial charge in [0.15, 0.2) is 0 Å². The van der Waals surface area contributed by atoms with Crippen LogP contribution in [0, 0.1) is 23.7 Å². The standard InChI is InChI=1S/C11H7N5/c1-2-5-16-8-9(6-12)11(15-16)10-7-13-3-4-14-10/h1,3-4,7-8H,5H2. The molecule has 0 bridgehead atoms. The molecular formula is C11H7N5. The number of hydrogen-bond donors (Lipinski definition) is 0. The average Bonchev–Trinajstić information content (AvgIpc) is 2.74. The lowest BCUT2D eigenvalue weighted by atomic mass is 10.2. The van der Waals surface area contributed by atoms with Crippen LogP contribution < -0.4 is 0 Å². The predicted molar refractivity (Wildman–Crippen MR) is 56.8 cm³/mol. The van der Waals surface area contributed by atoms with Crippen LogP contribution in [0.2, 0.25) is 0 Å². The number of aromatic nitrogens is 4. The molecule has 16 heavy (non-hydrogen) atoms. The molecule has 0 saturated carbocycles. The van der Waals surface area contributed by atoms with Crippen LogP contribution in [-0.4, -0.2) is 19.7 Å². The highest BCUT2D eigenvalue weighted by Crippen LogP contribution is 2.17. The molecule has 5 nitrogen and oxygen atoms in total. The summed E-state index contributed by atoms with van der Waals surface area (Å²) in [6, 6.07) is 2.05. The maximum absolute atomic E-state index is 8.96. The molecule has 0 radical (unpaired) electrons. The van der Waals surface area contributed by atoms with Crippen molar-refractivity contribution in [3.05, 3.63) is 30.4 Å². The zero-order valence-electron chi connectivity index (χ0n) is 8.33. The molecule has 5 heteroatoms. The van der Waals surface area contributed by atoms with Gasteiger partial charge in [0.05, 0.1) is 11.8 Å². The van der Waals surface area contributed by atoms with Crippen molar-refractivity contribution in [2.75, 3.05) is 0 Å². The molecule has 0 amide bonds. The SMILES string of the molecule is C#CCn1cc(C#N)c(-c2cnccn2)n1. The van der Waals surface area contributed by atoms with Crippen molar-refractivity contribution in [3.8, 4) is 29.8 Å². The molecule has 0 aliphatic heterocycles. The number of nitriles is 1. The lowest BCUT2D eigenvalue weighted by Gasteiger charge is -1.94. The maximum atomic E-state index is 8.96. The first-order valence-electron chi connectivity index (χ1n) is 4.52. The van der Waals surface area contributed by atoms with Crippen molar-refractivity contribution in [3.63, 3.8) is 0 Å². The van der Waals surface area contributed by atoms with Crippen molar-refractivity contribution in [2.45, 2.75) is 6.54 Å². The number of nitrogens with zero attached hydrogens (tertiary/aromatic N) is 5. The van der Waals surface area contributed by atoms with Crippen LogP contribution in [0.25, 0.3) is 11.4 Å². The summed E-state index contributed by atoms with van der Waals surface area (Å²) in [4.78, 5) is 8.02. The summed E-state index contributed by atoms with van der Waals surface area (Å²) in [5.74, 6) is 2.46. The molecule has 0 aromatic carbocycles. The molecular weight excluding hydrogens is 202 g/mol. The molecule has 0 atom stereocenters. The van der Waals surface area contributed by atoms with E-state index in [1.165, 1.54) is 4.68 Å². The Morgan fingerprint density at radius 2 is 2.31 bits per heavy atom. The van der Waals surface area contributed by atoms with E-state index in [4.69, 9.17) is 11.7 Å². The van der Waals surface area contributed by atoms with Crippen LogP contribution in [0.1, 0.15) is 5.56 Å². The zero-order valence-corrected chi connectivity index (χ0v) is 8.33. The smallest absolute Gasteiger partial charge is 0.130 e. The average molecular weight is 209 g/mol. The Kier molecular flexibility index (Phi) is 2.62. The van der Waals surface area contributed by atoms with Crippen molar-refractivity contribution in [1.29, 1.82) is 5.26 Å². The highest BCUT2D eigenvalue weighted by molar-refractivity contribution is 5.61. The van der Waals surface area contributed by atoms with Gasteiger partial charge in [-0.25, -0.2) is 0 Å². The van der Waals surface area contributed by atoms with Crippen molar-refractivity contribution < 1.29 is 0 Å². The summed E-state index contributed by atoms with van der Waals surface area (Å²) >= 11 is 0. The van der Waals surface area contributed by atoms with Gasteiger partial charge in [0.25, 0.3) is 0 Å². The van der Waals surface area contributed by atoms with E-state index >= 15 is 0 Å². The van der Waals surface area contributed by atoms with E-state index in [0.29, 0.717) is 23.5 Å². The summed E-state index contributed by atoms with van der Waals surface area (Å²) < 4.78 is 1.53. The minimum absolute atomic E-state index is 0.328. The third kappa shape index (κ3) is 1.75. The minimum Gasteiger partial charge on any atom is -0.261 e. The quantitative estimate of drug-likeness (QED) is 0.687. The van der Waals surface area contributed by atoms with E-state index in [1.807, 2.05) is 0 Å². The Bertz CT molecular complexity index is 571. The second kappa shape index (κ2) is 4.24. The largest absolute Gasteiger partial charge is 0.261 e. The Hall–Kier alpha value is -2.66. The first-order chi connectivity index (χ1) is 7.85. The summed E-state index contributed by atoms with van der Waals surface area (Å²) in [7, 11) is 0. The van der Waals surface area contributed by atoms with Gasteiger partial charge in [-0.15, -0.1) is 6.42 Å². The topological polar surface area (TPSA) is 67.4 Å². The van der Waals surface area contributed by atoms with Gasteiger partial charge in [-0.05, 0) is 0 Å². The molecule has 0 aliphatic rings. The fraction of sp³-hybridized carbons (Fsp3) is 0.0909. The van der Waals surface area contributed by atoms with Gasteiger partial charge in [0.2, 0.25) is 0 Å². The lowest BCUT2D eigenvalue weighted by Crippen LogP contribution is -1.96. The zero-order chi connectivity index (χ0) is 11.4. The molecule has 2 rings (SSSR count). The van der Waals surface area contributed by atoms with Crippen LogP contribution in [0.15, 0.2) is 24.8 Å². The normalized spacial score (nSPS) is 9.38. The van der Waals surface area contributed by atoms with Crippen molar-refractivity contribution >= 4 is 0 Å². The number of hydrogen-bond acceptors (Lipinski definition) is 4. The second-order valence-corrected chi connectivity index (χ2v) is 3.00. The van der Waals surface area contributed by atoms with E-state index < -0.39 is 0 Å². The number of rotatable bonds is 2. The predicted octanol–water partition coefficient (Wildman–Crippen LogP) is 0.845. The van der Waals surface area contributed by atoms with E-state index in [9.17, 15) is 0 Å². The first-order valence-corrected chi connectivity index (χ1v) is 4.52. The van der Waals surface area contributed by atoms with Crippen LogP contribution in [0.3, 0.4) is 0 Å². The van der Waals surface area contributed by atoms with Crippen LogP contribution >= 0.6 is 0 Å². The molecule has 0 unspecified atom stereocenters. The van der Waals surface area contributed by atoms with Crippen molar-refractivity contribution in [2.24, 2.45) is 0 Å². The third-order valence-corrected chi connectivity index (χ3v) is 1.94. The van der Waals surface area contributed by atoms with Gasteiger partial charge in [-0.2, -0.15) is 10.4 Å². The van der Waals surface area contributed by atoms with Crippen molar-refractivity contribution in [1.82, 2.24) is 19.7 Å². The van der Waals surface area contributed by atoms with Gasteiger partial charge >= 0.3 is 0 Å². The Morgan fingerprint density at radius 1 is 1.44 bits per heavy atom. The van der Waals surface area contributed by atoms with Crippen LogP contribution in [0.4, 0.5) is 0 Å². The Balaban J connectivity index is 2.50. The van der Waals surface area contributed by atoms with E-state index in [2.05, 4.69) is 27.1 Å². The molecule has 0 saturated heterocycles. The lowest BCUT2D eigenvalue weighted by molar-refractivity contribution is 0.717. The summed E-state index contributed by atoms with van der Waals surface area (Å²) in [5.41, 5.74) is 1.51. The highest BCUT2D eigenvalue weighted by atomic mass is 15.3. The molecule has 76 valence electrons. The van der Waals surface area contributed by atoms with Gasteiger partial charge in [0, 0.05) is 18.6 Å². The fourth-order valence-corrected chi connectivity index (χ4v) is 1.29. The van der Waals surface area contributed by atoms with Gasteiger partial charge in [0.1, 0.15) is 24.0 Å². The summed E-state index contributed by atoms with van der Waals surface area (Å²) in [6.45, 7) is 0.328. The van der Waals surface area contributed by atoms with Gasteiger partial charge in [-0.3, -0.25) is 14.6 Å². The minimum atomic E-state index is 0.328.